The van der Waals surface area contributed by atoms with E-state index in [-0.39, 0.29) is 5.92 Å². The highest BCUT2D eigenvalue weighted by Gasteiger charge is 2.23. The van der Waals surface area contributed by atoms with Crippen molar-refractivity contribution in [2.45, 2.75) is 10.7 Å². The lowest BCUT2D eigenvalue weighted by molar-refractivity contribution is 0.748. The minimum Gasteiger partial charge on any atom is -0.0834 e. The Kier molecular flexibility index (Phi) is 2.73. The molecule has 0 bridgehead atoms. The van der Waals surface area contributed by atoms with Gasteiger partial charge in [-0.1, -0.05) is 41.7 Å². The minimum atomic E-state index is -1.19. The van der Waals surface area contributed by atoms with Crippen LogP contribution < -0.4 is 0 Å². The zero-order valence-corrected chi connectivity index (χ0v) is 6.19. The summed E-state index contributed by atoms with van der Waals surface area (Å²) in [6.45, 7) is 5.26. The van der Waals surface area contributed by atoms with Crippen LogP contribution in [0.15, 0.2) is 0 Å². The van der Waals surface area contributed by atoms with Gasteiger partial charge in [-0.05, 0) is 6.92 Å². The summed E-state index contributed by atoms with van der Waals surface area (Å²) in [6, 6.07) is 0. The second-order valence-electron chi connectivity index (χ2n) is 1.44. The fourth-order valence-corrected chi connectivity index (χ4v) is 0. The normalized spacial score (nSPS) is 12.9. The Labute approximate surface area is 58.7 Å². The average Bonchev–Trinajstić information content (AvgIpc) is 1.31. The van der Waals surface area contributed by atoms with E-state index in [1.54, 1.807) is 6.92 Å². The molecular formula is C4H6Cl3. The quantitative estimate of drug-likeness (QED) is 0.478. The molecule has 1 atom stereocenters. The molecule has 0 N–H and O–H groups in total. The van der Waals surface area contributed by atoms with Gasteiger partial charge >= 0.3 is 0 Å². The lowest BCUT2D eigenvalue weighted by Gasteiger charge is -2.13. The van der Waals surface area contributed by atoms with Crippen LogP contribution >= 0.6 is 34.8 Å². The zero-order chi connectivity index (χ0) is 6.08. The Morgan fingerprint density at radius 3 is 1.57 bits per heavy atom. The van der Waals surface area contributed by atoms with Crippen molar-refractivity contribution in [1.29, 1.82) is 0 Å². The summed E-state index contributed by atoms with van der Waals surface area (Å²) in [4.78, 5) is 0. The van der Waals surface area contributed by atoms with Gasteiger partial charge in [0.25, 0.3) is 0 Å². The van der Waals surface area contributed by atoms with E-state index in [4.69, 9.17) is 34.8 Å². The van der Waals surface area contributed by atoms with E-state index in [2.05, 4.69) is 6.92 Å². The molecule has 0 saturated carbocycles. The van der Waals surface area contributed by atoms with Crippen LogP contribution in [0, 0.1) is 12.8 Å². The van der Waals surface area contributed by atoms with Crippen LogP contribution in [-0.4, -0.2) is 3.79 Å². The molecule has 0 aromatic carbocycles. The van der Waals surface area contributed by atoms with E-state index < -0.39 is 3.79 Å². The van der Waals surface area contributed by atoms with E-state index in [9.17, 15) is 0 Å². The van der Waals surface area contributed by atoms with E-state index >= 15 is 0 Å². The standard InChI is InChI=1S/C4H6Cl3/c1-3(2)4(5,6)7/h3H,1H2,2H3. The first kappa shape index (κ1) is 7.87. The molecule has 0 aliphatic rings. The number of rotatable bonds is 0. The molecule has 0 fully saturated rings. The monoisotopic (exact) mass is 159 g/mol. The second kappa shape index (κ2) is 2.43. The summed E-state index contributed by atoms with van der Waals surface area (Å²) < 4.78 is -1.19. The van der Waals surface area contributed by atoms with Gasteiger partial charge in [0.05, 0.1) is 0 Å². The van der Waals surface area contributed by atoms with Gasteiger partial charge in [0.15, 0.2) is 3.79 Å². The first-order valence-corrected chi connectivity index (χ1v) is 2.98. The summed E-state index contributed by atoms with van der Waals surface area (Å²) >= 11 is 16.0. The highest BCUT2D eigenvalue weighted by molar-refractivity contribution is 6.67. The molecule has 1 radical (unpaired) electrons. The van der Waals surface area contributed by atoms with Gasteiger partial charge in [0.1, 0.15) is 0 Å². The third-order valence-electron chi connectivity index (χ3n) is 0.559. The molecule has 0 aliphatic heterocycles. The Morgan fingerprint density at radius 1 is 1.43 bits per heavy atom. The van der Waals surface area contributed by atoms with Crippen molar-refractivity contribution in [2.24, 2.45) is 5.92 Å². The van der Waals surface area contributed by atoms with Crippen molar-refractivity contribution in [1.82, 2.24) is 0 Å². The van der Waals surface area contributed by atoms with Crippen LogP contribution in [0.4, 0.5) is 0 Å². The van der Waals surface area contributed by atoms with E-state index in [1.165, 1.54) is 0 Å². The molecular weight excluding hydrogens is 154 g/mol. The fraction of sp³-hybridized carbons (Fsp3) is 0.750. The molecule has 0 aromatic rings. The molecule has 1 unspecified atom stereocenters. The molecule has 0 aromatic heterocycles. The smallest absolute Gasteiger partial charge is 0.0834 e. The van der Waals surface area contributed by atoms with Crippen LogP contribution in [0.2, 0.25) is 0 Å². The van der Waals surface area contributed by atoms with Gasteiger partial charge in [-0.15, -0.1) is 0 Å². The highest BCUT2D eigenvalue weighted by Crippen LogP contribution is 2.33. The summed E-state index contributed by atoms with van der Waals surface area (Å²) in [5.74, 6) is -0.155. The molecule has 0 aliphatic carbocycles. The summed E-state index contributed by atoms with van der Waals surface area (Å²) in [5, 5.41) is 0. The van der Waals surface area contributed by atoms with Crippen molar-refractivity contribution in [3.63, 3.8) is 0 Å². The molecule has 3 heteroatoms. The van der Waals surface area contributed by atoms with Crippen LogP contribution in [0.25, 0.3) is 0 Å². The Hall–Kier alpha value is 0.870. The lowest BCUT2D eigenvalue weighted by Crippen LogP contribution is -2.11. The Morgan fingerprint density at radius 2 is 1.57 bits per heavy atom. The predicted octanol–water partition coefficient (Wildman–Crippen LogP) is 2.83. The summed E-state index contributed by atoms with van der Waals surface area (Å²) in [5.41, 5.74) is 0. The molecule has 7 heavy (non-hydrogen) atoms. The number of halogens is 3. The summed E-state index contributed by atoms with van der Waals surface area (Å²) in [6.07, 6.45) is 0. The van der Waals surface area contributed by atoms with Crippen molar-refractivity contribution in [2.75, 3.05) is 0 Å². The third-order valence-corrected chi connectivity index (χ3v) is 1.68. The van der Waals surface area contributed by atoms with Crippen LogP contribution in [0.1, 0.15) is 6.92 Å². The Bertz CT molecular complexity index is 52.4. The fourth-order valence-electron chi connectivity index (χ4n) is 0. The molecule has 43 valence electrons. The van der Waals surface area contributed by atoms with Crippen LogP contribution in [-0.2, 0) is 0 Å². The van der Waals surface area contributed by atoms with Gasteiger partial charge in [0.2, 0.25) is 0 Å². The third kappa shape index (κ3) is 3.45. The largest absolute Gasteiger partial charge is 0.193 e. The van der Waals surface area contributed by atoms with Gasteiger partial charge < -0.3 is 0 Å². The van der Waals surface area contributed by atoms with E-state index in [0.29, 0.717) is 0 Å². The molecule has 0 heterocycles. The van der Waals surface area contributed by atoms with Crippen molar-refractivity contribution < 1.29 is 0 Å². The molecule has 0 spiro atoms. The topological polar surface area (TPSA) is 0 Å². The van der Waals surface area contributed by atoms with Gasteiger partial charge in [-0.25, -0.2) is 0 Å². The maximum atomic E-state index is 5.34. The lowest BCUT2D eigenvalue weighted by atomic mass is 10.3. The molecule has 0 amide bonds. The van der Waals surface area contributed by atoms with Crippen molar-refractivity contribution >= 4 is 34.8 Å². The van der Waals surface area contributed by atoms with Crippen LogP contribution in [0.3, 0.4) is 0 Å². The van der Waals surface area contributed by atoms with Crippen LogP contribution in [0.5, 0.6) is 0 Å². The minimum absolute atomic E-state index is 0.155. The van der Waals surface area contributed by atoms with Gasteiger partial charge in [-0.3, -0.25) is 0 Å². The number of hydrogen-bond acceptors (Lipinski definition) is 0. The van der Waals surface area contributed by atoms with Crippen molar-refractivity contribution in [3.8, 4) is 0 Å². The first-order chi connectivity index (χ1) is 2.94. The van der Waals surface area contributed by atoms with E-state index in [1.807, 2.05) is 0 Å². The maximum absolute atomic E-state index is 5.34. The average molecular weight is 160 g/mol. The maximum Gasteiger partial charge on any atom is 0.193 e. The number of alkyl halides is 3. The SMILES string of the molecule is [CH2]C(C)C(Cl)(Cl)Cl. The zero-order valence-electron chi connectivity index (χ0n) is 3.92. The predicted molar refractivity (Wildman–Crippen MR) is 34.8 cm³/mol. The molecule has 0 nitrogen and oxygen atoms in total. The highest BCUT2D eigenvalue weighted by atomic mass is 35.6. The number of hydrogen-bond donors (Lipinski definition) is 0. The summed E-state index contributed by atoms with van der Waals surface area (Å²) in [7, 11) is 0. The molecule has 0 rings (SSSR count). The van der Waals surface area contributed by atoms with E-state index in [0.717, 1.165) is 0 Å². The molecule has 0 saturated heterocycles. The van der Waals surface area contributed by atoms with Gasteiger partial charge in [-0.2, -0.15) is 0 Å². The first-order valence-electron chi connectivity index (χ1n) is 1.84. The van der Waals surface area contributed by atoms with Crippen molar-refractivity contribution in [3.05, 3.63) is 6.92 Å². The Balaban J connectivity index is 3.54. The second-order valence-corrected chi connectivity index (χ2v) is 3.81. The van der Waals surface area contributed by atoms with Gasteiger partial charge in [0, 0.05) is 5.92 Å².